The van der Waals surface area contributed by atoms with E-state index < -0.39 is 5.79 Å². The summed E-state index contributed by atoms with van der Waals surface area (Å²) >= 11 is 0. The molecule has 0 aromatic heterocycles. The van der Waals surface area contributed by atoms with Gasteiger partial charge in [0.15, 0.2) is 0 Å². The maximum absolute atomic E-state index is 12.4. The van der Waals surface area contributed by atoms with E-state index in [0.29, 0.717) is 18.8 Å². The van der Waals surface area contributed by atoms with Crippen LogP contribution in [0.25, 0.3) is 0 Å². The van der Waals surface area contributed by atoms with Gasteiger partial charge >= 0.3 is 0 Å². The topological polar surface area (TPSA) is 38.8 Å². The molecule has 0 atom stereocenters. The van der Waals surface area contributed by atoms with Crippen LogP contribution in [-0.2, 0) is 15.3 Å². The predicted octanol–water partition coefficient (Wildman–Crippen LogP) is 2.63. The highest BCUT2D eigenvalue weighted by Gasteiger charge is 2.50. The van der Waals surface area contributed by atoms with Gasteiger partial charge in [-0.15, -0.1) is 0 Å². The van der Waals surface area contributed by atoms with E-state index in [9.17, 15) is 4.79 Å². The minimum absolute atomic E-state index is 0.0386. The second-order valence-corrected chi connectivity index (χ2v) is 6.31. The molecule has 1 aliphatic heterocycles. The Morgan fingerprint density at radius 1 is 1.15 bits per heavy atom. The molecule has 4 heteroatoms. The molecule has 0 spiro atoms. The second-order valence-electron chi connectivity index (χ2n) is 6.31. The van der Waals surface area contributed by atoms with Crippen molar-refractivity contribution in [3.63, 3.8) is 0 Å². The third kappa shape index (κ3) is 2.34. The number of hydrogen-bond acceptors (Lipinski definition) is 3. The summed E-state index contributed by atoms with van der Waals surface area (Å²) in [5.74, 6) is -0.904. The number of carbonyl (C=O) groups is 1. The molecule has 110 valence electrons. The van der Waals surface area contributed by atoms with E-state index in [1.807, 2.05) is 24.3 Å². The lowest BCUT2D eigenvalue weighted by Crippen LogP contribution is -2.43. The molecule has 20 heavy (non-hydrogen) atoms. The highest BCUT2D eigenvalue weighted by Crippen LogP contribution is 2.47. The van der Waals surface area contributed by atoms with Crippen LogP contribution in [0.3, 0.4) is 0 Å². The zero-order valence-electron chi connectivity index (χ0n) is 12.9. The van der Waals surface area contributed by atoms with Gasteiger partial charge in [0.1, 0.15) is 0 Å². The first kappa shape index (κ1) is 15.0. The highest BCUT2D eigenvalue weighted by molar-refractivity contribution is 5.95. The minimum Gasteiger partial charge on any atom is -0.345 e. The van der Waals surface area contributed by atoms with Gasteiger partial charge < -0.3 is 14.4 Å². The van der Waals surface area contributed by atoms with E-state index >= 15 is 0 Å². The lowest BCUT2D eigenvalue weighted by Gasteiger charge is -2.40. The molecule has 1 saturated heterocycles. The maximum atomic E-state index is 12.4. The molecule has 0 radical (unpaired) electrons. The van der Waals surface area contributed by atoms with E-state index in [0.717, 1.165) is 5.56 Å². The summed E-state index contributed by atoms with van der Waals surface area (Å²) in [6, 6.07) is 7.54. The third-order valence-electron chi connectivity index (χ3n) is 3.60. The maximum Gasteiger partial charge on any atom is 0.253 e. The molecule has 1 aromatic carbocycles. The first-order valence-electron chi connectivity index (χ1n) is 6.89. The number of carbonyl (C=O) groups excluding carboxylic acids is 1. The molecule has 1 aliphatic rings. The number of amides is 1. The van der Waals surface area contributed by atoms with Gasteiger partial charge in [-0.3, -0.25) is 4.79 Å². The Balaban J connectivity index is 2.59. The summed E-state index contributed by atoms with van der Waals surface area (Å²) in [5, 5.41) is 0. The van der Waals surface area contributed by atoms with Crippen molar-refractivity contribution in [2.45, 2.75) is 26.6 Å². The summed E-state index contributed by atoms with van der Waals surface area (Å²) in [6.45, 7) is 7.28. The Labute approximate surface area is 120 Å². The molecule has 0 aliphatic carbocycles. The van der Waals surface area contributed by atoms with Crippen LogP contribution in [0.4, 0.5) is 0 Å². The lowest BCUT2D eigenvalue weighted by molar-refractivity contribution is -0.232. The van der Waals surface area contributed by atoms with Gasteiger partial charge in [-0.25, -0.2) is 0 Å². The predicted molar refractivity (Wildman–Crippen MR) is 77.5 cm³/mol. The van der Waals surface area contributed by atoms with Crippen molar-refractivity contribution < 1.29 is 14.3 Å². The summed E-state index contributed by atoms with van der Waals surface area (Å²) in [5.41, 5.74) is 1.17. The van der Waals surface area contributed by atoms with Crippen LogP contribution < -0.4 is 0 Å². The van der Waals surface area contributed by atoms with Crippen LogP contribution in [0, 0.1) is 5.41 Å². The van der Waals surface area contributed by atoms with Gasteiger partial charge in [-0.2, -0.15) is 0 Å². The third-order valence-corrected chi connectivity index (χ3v) is 3.60. The van der Waals surface area contributed by atoms with Gasteiger partial charge in [0.05, 0.1) is 13.2 Å². The van der Waals surface area contributed by atoms with Crippen LogP contribution in [-0.4, -0.2) is 38.1 Å². The van der Waals surface area contributed by atoms with Gasteiger partial charge in [0.25, 0.3) is 5.91 Å². The molecular weight excluding hydrogens is 254 g/mol. The Bertz CT molecular complexity index is 497. The molecule has 1 fully saturated rings. The SMILES string of the molecule is CN(C)C(=O)c1ccccc1C1(C(C)(C)C)OCCO1. The number of nitrogens with zero attached hydrogens (tertiary/aromatic N) is 1. The fourth-order valence-corrected chi connectivity index (χ4v) is 2.60. The van der Waals surface area contributed by atoms with E-state index in [2.05, 4.69) is 20.8 Å². The summed E-state index contributed by atoms with van der Waals surface area (Å²) in [6.07, 6.45) is 0. The Hall–Kier alpha value is -1.39. The molecule has 0 unspecified atom stereocenters. The van der Waals surface area contributed by atoms with E-state index in [4.69, 9.17) is 9.47 Å². The Kier molecular flexibility index (Phi) is 3.89. The zero-order chi connectivity index (χ0) is 15.0. The van der Waals surface area contributed by atoms with Crippen LogP contribution >= 0.6 is 0 Å². The number of rotatable bonds is 2. The van der Waals surface area contributed by atoms with Gasteiger partial charge in [0.2, 0.25) is 5.79 Å². The molecule has 4 nitrogen and oxygen atoms in total. The van der Waals surface area contributed by atoms with Gasteiger partial charge in [-0.05, 0) is 6.07 Å². The highest BCUT2D eigenvalue weighted by atomic mass is 16.7. The summed E-state index contributed by atoms with van der Waals surface area (Å²) < 4.78 is 11.9. The molecular formula is C16H23NO3. The van der Waals surface area contributed by atoms with Crippen molar-refractivity contribution >= 4 is 5.91 Å². The average Bonchev–Trinajstić information content (AvgIpc) is 2.87. The summed E-state index contributed by atoms with van der Waals surface area (Å²) in [7, 11) is 3.50. The molecule has 0 bridgehead atoms. The molecule has 1 aromatic rings. The van der Waals surface area contributed by atoms with Crippen LogP contribution in [0.5, 0.6) is 0 Å². The zero-order valence-corrected chi connectivity index (χ0v) is 12.9. The first-order valence-corrected chi connectivity index (χ1v) is 6.89. The quantitative estimate of drug-likeness (QED) is 0.834. The number of hydrogen-bond donors (Lipinski definition) is 0. The Morgan fingerprint density at radius 2 is 1.70 bits per heavy atom. The molecule has 1 heterocycles. The molecule has 2 rings (SSSR count). The summed E-state index contributed by atoms with van der Waals surface area (Å²) in [4.78, 5) is 14.0. The van der Waals surface area contributed by atoms with Crippen molar-refractivity contribution in [1.82, 2.24) is 4.90 Å². The first-order chi connectivity index (χ1) is 9.29. The largest absolute Gasteiger partial charge is 0.345 e. The average molecular weight is 277 g/mol. The smallest absolute Gasteiger partial charge is 0.253 e. The second kappa shape index (κ2) is 5.19. The van der Waals surface area contributed by atoms with Crippen LogP contribution in [0.1, 0.15) is 36.7 Å². The standard InChI is InChI=1S/C16H23NO3/c1-15(2,3)16(19-10-11-20-16)13-9-7-6-8-12(13)14(18)17(4)5/h6-9H,10-11H2,1-5H3. The molecule has 0 saturated carbocycles. The van der Waals surface area contributed by atoms with E-state index in [1.54, 1.807) is 19.0 Å². The van der Waals surface area contributed by atoms with Gasteiger partial charge in [0, 0.05) is 30.6 Å². The minimum atomic E-state index is -0.866. The molecule has 1 amide bonds. The van der Waals surface area contributed by atoms with Crippen molar-refractivity contribution in [2.24, 2.45) is 5.41 Å². The van der Waals surface area contributed by atoms with Crippen LogP contribution in [0.15, 0.2) is 24.3 Å². The molecule has 0 N–H and O–H groups in total. The van der Waals surface area contributed by atoms with Crippen molar-refractivity contribution in [3.05, 3.63) is 35.4 Å². The van der Waals surface area contributed by atoms with Crippen molar-refractivity contribution in [2.75, 3.05) is 27.3 Å². The van der Waals surface area contributed by atoms with Gasteiger partial charge in [-0.1, -0.05) is 39.0 Å². The van der Waals surface area contributed by atoms with Crippen molar-refractivity contribution in [1.29, 1.82) is 0 Å². The lowest BCUT2D eigenvalue weighted by atomic mass is 9.79. The van der Waals surface area contributed by atoms with Crippen molar-refractivity contribution in [3.8, 4) is 0 Å². The normalized spacial score (nSPS) is 18.1. The van der Waals surface area contributed by atoms with E-state index in [-0.39, 0.29) is 11.3 Å². The number of ether oxygens (including phenoxy) is 2. The fourth-order valence-electron chi connectivity index (χ4n) is 2.60. The number of benzene rings is 1. The van der Waals surface area contributed by atoms with Crippen LogP contribution in [0.2, 0.25) is 0 Å². The monoisotopic (exact) mass is 277 g/mol. The van der Waals surface area contributed by atoms with E-state index in [1.165, 1.54) is 0 Å². The Morgan fingerprint density at radius 3 is 2.20 bits per heavy atom. The fraction of sp³-hybridized carbons (Fsp3) is 0.562.